The molecule has 0 bridgehead atoms. The van der Waals surface area contributed by atoms with E-state index in [0.29, 0.717) is 21.3 Å². The fourth-order valence-electron chi connectivity index (χ4n) is 4.25. The fourth-order valence-corrected chi connectivity index (χ4v) is 5.27. The number of esters is 1. The molecule has 0 saturated carbocycles. The lowest BCUT2D eigenvalue weighted by Gasteiger charge is -2.29. The Hall–Kier alpha value is -4.20. The summed E-state index contributed by atoms with van der Waals surface area (Å²) >= 11 is 7.01. The molecule has 1 aliphatic rings. The second-order valence-electron chi connectivity index (χ2n) is 8.94. The summed E-state index contributed by atoms with van der Waals surface area (Å²) in [5, 5.41) is 16.3. The van der Waals surface area contributed by atoms with Gasteiger partial charge in [-0.1, -0.05) is 78.0 Å². The number of anilines is 1. The van der Waals surface area contributed by atoms with Gasteiger partial charge in [0.05, 0.1) is 45.2 Å². The molecule has 0 aromatic heterocycles. The third-order valence-corrected chi connectivity index (χ3v) is 7.41. The van der Waals surface area contributed by atoms with E-state index in [1.807, 2.05) is 30.3 Å². The highest BCUT2D eigenvalue weighted by Crippen LogP contribution is 2.41. The molecule has 6 nitrogen and oxygen atoms in total. The molecule has 3 aromatic rings. The quantitative estimate of drug-likeness (QED) is 0.268. The summed E-state index contributed by atoms with van der Waals surface area (Å²) in [5.41, 5.74) is 0.830. The third-order valence-electron chi connectivity index (χ3n) is 6.14. The van der Waals surface area contributed by atoms with Crippen LogP contribution < -0.4 is 10.6 Å². The van der Waals surface area contributed by atoms with Crippen LogP contribution in [0, 0.1) is 11.3 Å². The molecule has 0 aliphatic carbocycles. The number of rotatable bonds is 8. The van der Waals surface area contributed by atoms with Gasteiger partial charge in [-0.25, -0.2) is 4.79 Å². The number of nitrogens with one attached hydrogen (secondary N) is 2. The number of nitriles is 1. The van der Waals surface area contributed by atoms with Crippen LogP contribution in [0.2, 0.25) is 5.02 Å². The molecule has 1 unspecified atom stereocenters. The van der Waals surface area contributed by atoms with Gasteiger partial charge < -0.3 is 15.4 Å². The van der Waals surface area contributed by atoms with E-state index in [1.165, 1.54) is 18.2 Å². The minimum absolute atomic E-state index is 0.0244. The predicted molar refractivity (Wildman–Crippen MR) is 151 cm³/mol. The van der Waals surface area contributed by atoms with Crippen LogP contribution in [-0.4, -0.2) is 17.6 Å². The van der Waals surface area contributed by atoms with Crippen molar-refractivity contribution in [3.63, 3.8) is 0 Å². The number of hydrogen-bond donors (Lipinski definition) is 2. The number of hydrogen-bond acceptors (Lipinski definition) is 6. The van der Waals surface area contributed by atoms with Gasteiger partial charge >= 0.3 is 12.1 Å². The van der Waals surface area contributed by atoms with E-state index in [2.05, 4.69) is 16.7 Å². The van der Waals surface area contributed by atoms with Crippen LogP contribution in [-0.2, 0) is 27.1 Å². The first-order valence-corrected chi connectivity index (χ1v) is 13.6. The molecular weight excluding hydrogens is 575 g/mol. The minimum Gasteiger partial charge on any atom is -0.457 e. The zero-order valence-electron chi connectivity index (χ0n) is 21.6. The van der Waals surface area contributed by atoms with Crippen molar-refractivity contribution in [2.45, 2.75) is 25.6 Å². The fraction of sp³-hybridized carbons (Fsp3) is 0.167. The summed E-state index contributed by atoms with van der Waals surface area (Å²) in [4.78, 5) is 26.0. The van der Waals surface area contributed by atoms with Crippen molar-refractivity contribution in [3.8, 4) is 6.07 Å². The molecule has 2 N–H and O–H groups in total. The number of para-hydroxylation sites is 1. The maximum Gasteiger partial charge on any atom is 0.418 e. The van der Waals surface area contributed by atoms with E-state index in [0.717, 1.165) is 23.4 Å². The first kappa shape index (κ1) is 29.8. The number of benzene rings is 3. The van der Waals surface area contributed by atoms with Crippen molar-refractivity contribution in [3.05, 3.63) is 122 Å². The highest BCUT2D eigenvalue weighted by atomic mass is 35.5. The highest BCUT2D eigenvalue weighted by molar-refractivity contribution is 8.03. The van der Waals surface area contributed by atoms with Crippen LogP contribution in [0.15, 0.2) is 101 Å². The van der Waals surface area contributed by atoms with Crippen molar-refractivity contribution in [2.75, 3.05) is 11.1 Å². The number of amides is 1. The maximum absolute atomic E-state index is 13.3. The molecule has 1 heterocycles. The SMILES string of the molecule is CC1=C(C(=O)OCc2ccccc2)C(c2ccc(Cl)cc2)C(C#N)=C(SCC(=O)Nc2ccccc2C(F)(F)F)N1. The Morgan fingerprint density at radius 3 is 2.37 bits per heavy atom. The van der Waals surface area contributed by atoms with Gasteiger partial charge in [0.15, 0.2) is 0 Å². The Morgan fingerprint density at radius 2 is 1.71 bits per heavy atom. The van der Waals surface area contributed by atoms with Crippen LogP contribution in [0.1, 0.15) is 29.5 Å². The van der Waals surface area contributed by atoms with E-state index in [-0.39, 0.29) is 29.2 Å². The van der Waals surface area contributed by atoms with Crippen LogP contribution >= 0.6 is 23.4 Å². The van der Waals surface area contributed by atoms with Crippen LogP contribution in [0.25, 0.3) is 0 Å². The van der Waals surface area contributed by atoms with E-state index < -0.39 is 29.5 Å². The van der Waals surface area contributed by atoms with Crippen LogP contribution in [0.5, 0.6) is 0 Å². The van der Waals surface area contributed by atoms with Gasteiger partial charge in [-0.3, -0.25) is 4.79 Å². The molecule has 1 atom stereocenters. The third kappa shape index (κ3) is 7.31. The van der Waals surface area contributed by atoms with Gasteiger partial charge in [-0.15, -0.1) is 0 Å². The molecule has 11 heteroatoms. The normalized spacial score (nSPS) is 15.2. The number of alkyl halides is 3. The Balaban J connectivity index is 1.59. The first-order chi connectivity index (χ1) is 19.6. The summed E-state index contributed by atoms with van der Waals surface area (Å²) in [6, 6.07) is 22.6. The molecule has 4 rings (SSSR count). The number of allylic oxidation sites excluding steroid dienone is 2. The van der Waals surface area contributed by atoms with Crippen molar-refractivity contribution in [1.82, 2.24) is 5.32 Å². The topological polar surface area (TPSA) is 91.2 Å². The molecule has 41 heavy (non-hydrogen) atoms. The maximum atomic E-state index is 13.3. The van der Waals surface area contributed by atoms with Gasteiger partial charge in [-0.05, 0) is 42.3 Å². The van der Waals surface area contributed by atoms with Gasteiger partial charge in [0.2, 0.25) is 5.91 Å². The average Bonchev–Trinajstić information content (AvgIpc) is 2.95. The smallest absolute Gasteiger partial charge is 0.418 e. The van der Waals surface area contributed by atoms with Crippen molar-refractivity contribution < 1.29 is 27.5 Å². The number of carbonyl (C=O) groups excluding carboxylic acids is 2. The van der Waals surface area contributed by atoms with Gasteiger partial charge in [0, 0.05) is 10.7 Å². The Labute approximate surface area is 243 Å². The van der Waals surface area contributed by atoms with Gasteiger partial charge in [0.1, 0.15) is 6.61 Å². The van der Waals surface area contributed by atoms with E-state index in [1.54, 1.807) is 31.2 Å². The van der Waals surface area contributed by atoms with Crippen LogP contribution in [0.3, 0.4) is 0 Å². The molecule has 1 amide bonds. The van der Waals surface area contributed by atoms with Crippen molar-refractivity contribution in [2.24, 2.45) is 0 Å². The second kappa shape index (κ2) is 13.0. The van der Waals surface area contributed by atoms with Gasteiger partial charge in [0.25, 0.3) is 0 Å². The lowest BCUT2D eigenvalue weighted by atomic mass is 9.82. The van der Waals surface area contributed by atoms with Crippen LogP contribution in [0.4, 0.5) is 18.9 Å². The van der Waals surface area contributed by atoms with E-state index in [9.17, 15) is 28.0 Å². The molecule has 0 spiro atoms. The molecule has 210 valence electrons. The van der Waals surface area contributed by atoms with Crippen molar-refractivity contribution in [1.29, 1.82) is 5.26 Å². The molecule has 0 saturated heterocycles. The summed E-state index contributed by atoms with van der Waals surface area (Å²) in [6.07, 6.45) is -4.64. The van der Waals surface area contributed by atoms with E-state index >= 15 is 0 Å². The van der Waals surface area contributed by atoms with Gasteiger partial charge in [-0.2, -0.15) is 18.4 Å². The zero-order chi connectivity index (χ0) is 29.6. The number of halogens is 4. The summed E-state index contributed by atoms with van der Waals surface area (Å²) in [6.45, 7) is 1.67. The predicted octanol–water partition coefficient (Wildman–Crippen LogP) is 7.17. The summed E-state index contributed by atoms with van der Waals surface area (Å²) in [5.74, 6) is -2.46. The van der Waals surface area contributed by atoms with E-state index in [4.69, 9.17) is 16.3 Å². The first-order valence-electron chi connectivity index (χ1n) is 12.3. The average molecular weight is 598 g/mol. The number of thioether (sulfide) groups is 1. The number of ether oxygens (including phenoxy) is 1. The number of carbonyl (C=O) groups is 2. The largest absolute Gasteiger partial charge is 0.457 e. The number of nitrogens with zero attached hydrogens (tertiary/aromatic N) is 1. The highest BCUT2D eigenvalue weighted by Gasteiger charge is 2.36. The Bertz CT molecular complexity index is 1550. The lowest BCUT2D eigenvalue weighted by Crippen LogP contribution is -2.29. The molecule has 3 aromatic carbocycles. The molecule has 0 fully saturated rings. The second-order valence-corrected chi connectivity index (χ2v) is 10.4. The monoisotopic (exact) mass is 597 g/mol. The summed E-state index contributed by atoms with van der Waals surface area (Å²) < 4.78 is 45.6. The lowest BCUT2D eigenvalue weighted by molar-refractivity contribution is -0.140. The van der Waals surface area contributed by atoms with Crippen molar-refractivity contribution >= 4 is 40.9 Å². The molecular formula is C30H23ClF3N3O3S. The molecule has 1 aliphatic heterocycles. The number of dihydropyridines is 1. The Kier molecular flexibility index (Phi) is 9.42. The zero-order valence-corrected chi connectivity index (χ0v) is 23.2. The summed E-state index contributed by atoms with van der Waals surface area (Å²) in [7, 11) is 0. The minimum atomic E-state index is -4.64. The standard InChI is InChI=1S/C30H23ClF3N3O3S/c1-18-26(29(39)40-16-19-7-3-2-4-8-19)27(20-11-13-21(31)14-12-20)22(15-35)28(36-18)41-17-25(38)37-24-10-6-5-9-23(24)30(32,33)34/h2-14,27,36H,16-17H2,1H3,(H,37,38). The Morgan fingerprint density at radius 1 is 1.05 bits per heavy atom. The molecule has 0 radical (unpaired) electrons.